The molecule has 1 aromatic heterocycles. The molecule has 1 aliphatic rings. The second kappa shape index (κ2) is 5.85. The van der Waals surface area contributed by atoms with E-state index in [1.54, 1.807) is 23.5 Å². The van der Waals surface area contributed by atoms with Gasteiger partial charge in [-0.05, 0) is 55.9 Å². The molecule has 0 saturated heterocycles. The normalized spacial score (nSPS) is 26.0. The predicted molar refractivity (Wildman–Crippen MR) is 85.6 cm³/mol. The van der Waals surface area contributed by atoms with Crippen molar-refractivity contribution in [3.05, 3.63) is 40.5 Å². The first kappa shape index (κ1) is 14.7. The topological polar surface area (TPSA) is 38.9 Å². The molecular weight excluding hydrogens is 283 g/mol. The number of benzene rings is 1. The lowest BCUT2D eigenvalue weighted by atomic mass is 9.76. The van der Waals surface area contributed by atoms with E-state index in [2.05, 4.69) is 6.92 Å². The summed E-state index contributed by atoms with van der Waals surface area (Å²) in [5.74, 6) is 0.598. The van der Waals surface area contributed by atoms with Crippen molar-refractivity contribution < 1.29 is 4.39 Å². The summed E-state index contributed by atoms with van der Waals surface area (Å²) in [7, 11) is 0. The Hall–Kier alpha value is -1.26. The van der Waals surface area contributed by atoms with Crippen LogP contribution in [0.3, 0.4) is 0 Å². The van der Waals surface area contributed by atoms with Crippen LogP contribution in [0, 0.1) is 11.7 Å². The van der Waals surface area contributed by atoms with Crippen molar-refractivity contribution in [2.45, 2.75) is 44.6 Å². The van der Waals surface area contributed by atoms with Crippen LogP contribution in [0.4, 0.5) is 4.39 Å². The van der Waals surface area contributed by atoms with Crippen LogP contribution < -0.4 is 5.73 Å². The third-order valence-electron chi connectivity index (χ3n) is 4.64. The molecule has 21 heavy (non-hydrogen) atoms. The van der Waals surface area contributed by atoms with Gasteiger partial charge < -0.3 is 5.73 Å². The number of rotatable bonds is 3. The van der Waals surface area contributed by atoms with Crippen LogP contribution in [0.15, 0.2) is 29.6 Å². The summed E-state index contributed by atoms with van der Waals surface area (Å²) in [6.07, 6.45) is 5.66. The molecule has 1 saturated carbocycles. The Morgan fingerprint density at radius 3 is 2.57 bits per heavy atom. The van der Waals surface area contributed by atoms with E-state index in [-0.39, 0.29) is 11.4 Å². The van der Waals surface area contributed by atoms with Crippen LogP contribution >= 0.6 is 11.3 Å². The van der Waals surface area contributed by atoms with Crippen molar-refractivity contribution in [1.82, 2.24) is 4.98 Å². The molecule has 1 aromatic carbocycles. The van der Waals surface area contributed by atoms with E-state index >= 15 is 0 Å². The van der Waals surface area contributed by atoms with Crippen molar-refractivity contribution in [2.75, 3.05) is 0 Å². The highest BCUT2D eigenvalue weighted by molar-refractivity contribution is 7.10. The largest absolute Gasteiger partial charge is 0.319 e. The molecule has 0 spiro atoms. The molecular formula is C17H21FN2S. The first-order valence-electron chi connectivity index (χ1n) is 7.61. The first-order valence-corrected chi connectivity index (χ1v) is 8.49. The zero-order valence-corrected chi connectivity index (χ0v) is 13.1. The molecule has 112 valence electrons. The highest BCUT2D eigenvalue weighted by atomic mass is 32.1. The minimum absolute atomic E-state index is 0.220. The Balaban J connectivity index is 1.80. The molecule has 1 heterocycles. The maximum absolute atomic E-state index is 13.0. The van der Waals surface area contributed by atoms with Gasteiger partial charge in [-0.1, -0.05) is 13.3 Å². The fraction of sp³-hybridized carbons (Fsp3) is 0.471. The number of nitrogens with two attached hydrogens (primary N) is 1. The molecule has 4 heteroatoms. The van der Waals surface area contributed by atoms with E-state index in [0.717, 1.165) is 35.0 Å². The summed E-state index contributed by atoms with van der Waals surface area (Å²) in [4.78, 5) is 4.73. The minimum atomic E-state index is -0.269. The van der Waals surface area contributed by atoms with E-state index in [4.69, 9.17) is 10.7 Å². The second-order valence-corrected chi connectivity index (χ2v) is 6.91. The highest BCUT2D eigenvalue weighted by Gasteiger charge is 2.35. The Morgan fingerprint density at radius 2 is 1.95 bits per heavy atom. The summed E-state index contributed by atoms with van der Waals surface area (Å²) in [6, 6.07) is 6.48. The molecule has 2 nitrogen and oxygen atoms in total. The summed E-state index contributed by atoms with van der Waals surface area (Å²) in [6.45, 7) is 2.25. The molecule has 0 amide bonds. The molecule has 2 N–H and O–H groups in total. The molecule has 1 fully saturated rings. The van der Waals surface area contributed by atoms with E-state index in [1.807, 2.05) is 5.38 Å². The molecule has 0 bridgehead atoms. The van der Waals surface area contributed by atoms with Crippen LogP contribution in [0.2, 0.25) is 0 Å². The minimum Gasteiger partial charge on any atom is -0.319 e. The average molecular weight is 304 g/mol. The van der Waals surface area contributed by atoms with Crippen molar-refractivity contribution in [3.63, 3.8) is 0 Å². The number of thiazole rings is 1. The maximum Gasteiger partial charge on any atom is 0.123 e. The highest BCUT2D eigenvalue weighted by Crippen LogP contribution is 2.40. The monoisotopic (exact) mass is 304 g/mol. The Bertz CT molecular complexity index is 598. The lowest BCUT2D eigenvalue weighted by Crippen LogP contribution is -2.40. The Labute approximate surface area is 129 Å². The quantitative estimate of drug-likeness (QED) is 0.892. The van der Waals surface area contributed by atoms with Crippen molar-refractivity contribution in [3.8, 4) is 11.3 Å². The van der Waals surface area contributed by atoms with Crippen molar-refractivity contribution in [1.29, 1.82) is 0 Å². The number of nitrogens with zero attached hydrogens (tertiary/aromatic N) is 1. The van der Waals surface area contributed by atoms with Gasteiger partial charge in [-0.15, -0.1) is 11.3 Å². The van der Waals surface area contributed by atoms with Crippen LogP contribution in [-0.4, -0.2) is 4.98 Å². The number of hydrogen-bond acceptors (Lipinski definition) is 3. The van der Waals surface area contributed by atoms with Gasteiger partial charge in [0.05, 0.1) is 11.2 Å². The molecule has 0 atom stereocenters. The number of aromatic nitrogens is 1. The lowest BCUT2D eigenvalue weighted by molar-refractivity contribution is 0.231. The van der Waals surface area contributed by atoms with E-state index in [0.29, 0.717) is 0 Å². The third kappa shape index (κ3) is 3.01. The Kier molecular flexibility index (Phi) is 4.09. The molecule has 0 radical (unpaired) electrons. The standard InChI is InChI=1S/C17H21FN2S/c1-2-12-7-9-17(19,10-8-12)16-20-15(11-21-16)13-3-5-14(18)6-4-13/h3-6,11-12H,2,7-10,19H2,1H3. The SMILES string of the molecule is CCC1CCC(N)(c2nc(-c3ccc(F)cc3)cs2)CC1. The average Bonchev–Trinajstić information content (AvgIpc) is 2.99. The van der Waals surface area contributed by atoms with E-state index in [9.17, 15) is 4.39 Å². The smallest absolute Gasteiger partial charge is 0.123 e. The van der Waals surface area contributed by atoms with Gasteiger partial charge in [0.2, 0.25) is 0 Å². The van der Waals surface area contributed by atoms with Crippen LogP contribution in [0.5, 0.6) is 0 Å². The van der Waals surface area contributed by atoms with Gasteiger partial charge >= 0.3 is 0 Å². The summed E-state index contributed by atoms with van der Waals surface area (Å²) in [5, 5.41) is 3.06. The van der Waals surface area contributed by atoms with Gasteiger partial charge in [-0.3, -0.25) is 0 Å². The zero-order valence-electron chi connectivity index (χ0n) is 12.3. The van der Waals surface area contributed by atoms with Gasteiger partial charge in [-0.25, -0.2) is 9.37 Å². The number of hydrogen-bond donors (Lipinski definition) is 1. The number of halogens is 1. The van der Waals surface area contributed by atoms with Gasteiger partial charge in [0.25, 0.3) is 0 Å². The summed E-state index contributed by atoms with van der Waals surface area (Å²) < 4.78 is 13.0. The zero-order chi connectivity index (χ0) is 14.9. The van der Waals surface area contributed by atoms with Crippen LogP contribution in [0.25, 0.3) is 11.3 Å². The first-order chi connectivity index (χ1) is 10.1. The molecule has 1 aliphatic carbocycles. The van der Waals surface area contributed by atoms with Crippen LogP contribution in [0.1, 0.15) is 44.0 Å². The molecule has 2 aromatic rings. The third-order valence-corrected chi connectivity index (χ3v) is 5.71. The lowest BCUT2D eigenvalue weighted by Gasteiger charge is -2.35. The van der Waals surface area contributed by atoms with Crippen molar-refractivity contribution >= 4 is 11.3 Å². The van der Waals surface area contributed by atoms with Gasteiger partial charge in [0, 0.05) is 10.9 Å². The van der Waals surface area contributed by atoms with Crippen LogP contribution in [-0.2, 0) is 5.54 Å². The Morgan fingerprint density at radius 1 is 1.29 bits per heavy atom. The van der Waals surface area contributed by atoms with Gasteiger partial charge in [0.1, 0.15) is 10.8 Å². The second-order valence-electron chi connectivity index (χ2n) is 6.05. The summed E-state index contributed by atoms with van der Waals surface area (Å²) in [5.41, 5.74) is 8.18. The van der Waals surface area contributed by atoms with E-state index < -0.39 is 0 Å². The molecule has 3 rings (SSSR count). The predicted octanol–water partition coefficient (Wildman–Crippen LogP) is 4.70. The molecule has 0 unspecified atom stereocenters. The van der Waals surface area contributed by atoms with Crippen molar-refractivity contribution in [2.24, 2.45) is 11.7 Å². The fourth-order valence-electron chi connectivity index (χ4n) is 3.07. The van der Waals surface area contributed by atoms with Gasteiger partial charge in [0.15, 0.2) is 0 Å². The van der Waals surface area contributed by atoms with E-state index in [1.165, 1.54) is 31.4 Å². The fourth-order valence-corrected chi connectivity index (χ4v) is 4.07. The summed E-state index contributed by atoms with van der Waals surface area (Å²) >= 11 is 1.63. The van der Waals surface area contributed by atoms with Gasteiger partial charge in [-0.2, -0.15) is 0 Å². The maximum atomic E-state index is 13.0. The molecule has 0 aliphatic heterocycles.